The molecule has 0 aliphatic carbocycles. The quantitative estimate of drug-likeness (QED) is 0.820. The summed E-state index contributed by atoms with van der Waals surface area (Å²) in [4.78, 5) is 14.3. The number of ether oxygens (including phenoxy) is 2. The van der Waals surface area contributed by atoms with E-state index in [0.29, 0.717) is 11.3 Å². The van der Waals surface area contributed by atoms with Gasteiger partial charge in [-0.2, -0.15) is 8.78 Å². The molecule has 0 radical (unpaired) electrons. The Labute approximate surface area is 145 Å². The summed E-state index contributed by atoms with van der Waals surface area (Å²) in [5, 5.41) is 2.65. The number of halogens is 2. The summed E-state index contributed by atoms with van der Waals surface area (Å²) in [6.07, 6.45) is 0. The van der Waals surface area contributed by atoms with E-state index in [2.05, 4.69) is 10.1 Å². The molecule has 0 aliphatic heterocycles. The second kappa shape index (κ2) is 8.32. The minimum atomic E-state index is -2.98. The number of benzene rings is 2. The minimum Gasteiger partial charge on any atom is -0.493 e. The number of anilines is 2. The molecule has 0 heterocycles. The molecule has 0 unspecified atom stereocenters. The van der Waals surface area contributed by atoms with Crippen molar-refractivity contribution in [3.05, 3.63) is 48.0 Å². The van der Waals surface area contributed by atoms with Gasteiger partial charge in [-0.3, -0.25) is 4.79 Å². The molecule has 2 rings (SSSR count). The number of rotatable bonds is 7. The molecular formula is C18H20F2N2O3. The summed E-state index contributed by atoms with van der Waals surface area (Å²) < 4.78 is 34.3. The molecule has 25 heavy (non-hydrogen) atoms. The molecular weight excluding hydrogens is 330 g/mol. The van der Waals surface area contributed by atoms with Crippen LogP contribution >= 0.6 is 0 Å². The van der Waals surface area contributed by atoms with E-state index in [4.69, 9.17) is 4.74 Å². The molecule has 0 spiro atoms. The largest absolute Gasteiger partial charge is 0.493 e. The summed E-state index contributed by atoms with van der Waals surface area (Å²) in [6.45, 7) is -0.101. The van der Waals surface area contributed by atoms with Crippen LogP contribution < -0.4 is 19.7 Å². The first-order valence-corrected chi connectivity index (χ1v) is 7.70. The predicted molar refractivity (Wildman–Crippen MR) is 93.0 cm³/mol. The highest BCUT2D eigenvalue weighted by Gasteiger charge is 2.13. The van der Waals surface area contributed by atoms with Crippen LogP contribution in [0.3, 0.4) is 0 Å². The Balaban J connectivity index is 2.14. The van der Waals surface area contributed by atoms with Crippen LogP contribution in [0.15, 0.2) is 42.5 Å². The molecule has 0 bridgehead atoms. The van der Waals surface area contributed by atoms with Crippen molar-refractivity contribution in [1.29, 1.82) is 0 Å². The summed E-state index contributed by atoms with van der Waals surface area (Å²) in [7, 11) is 3.30. The van der Waals surface area contributed by atoms with Gasteiger partial charge in [-0.05, 0) is 43.3 Å². The van der Waals surface area contributed by atoms with E-state index in [1.54, 1.807) is 18.2 Å². The number of methoxy groups -OCH3 is 1. The highest BCUT2D eigenvalue weighted by atomic mass is 19.3. The SMILES string of the molecule is CCN(C)c1ccc(C(=O)Nc2ccc(OC)c(OC(F)F)c2)cc1. The van der Waals surface area contributed by atoms with Gasteiger partial charge in [0.05, 0.1) is 7.11 Å². The second-order valence-corrected chi connectivity index (χ2v) is 5.26. The molecule has 0 aliphatic rings. The number of nitrogens with zero attached hydrogens (tertiary/aromatic N) is 1. The number of carbonyl (C=O) groups is 1. The first-order valence-electron chi connectivity index (χ1n) is 7.70. The highest BCUT2D eigenvalue weighted by Crippen LogP contribution is 2.31. The molecule has 0 saturated carbocycles. The topological polar surface area (TPSA) is 50.8 Å². The zero-order valence-electron chi connectivity index (χ0n) is 14.3. The number of amides is 1. The normalized spacial score (nSPS) is 10.5. The Hall–Kier alpha value is -2.83. The molecule has 2 aromatic carbocycles. The third-order valence-electron chi connectivity index (χ3n) is 3.68. The molecule has 0 saturated heterocycles. The van der Waals surface area contributed by atoms with Crippen molar-refractivity contribution in [3.8, 4) is 11.5 Å². The third-order valence-corrected chi connectivity index (χ3v) is 3.68. The fourth-order valence-electron chi connectivity index (χ4n) is 2.20. The number of hydrogen-bond donors (Lipinski definition) is 1. The molecule has 5 nitrogen and oxygen atoms in total. The van der Waals surface area contributed by atoms with Gasteiger partial charge in [0.1, 0.15) is 0 Å². The Morgan fingerprint density at radius 2 is 1.84 bits per heavy atom. The Morgan fingerprint density at radius 3 is 2.40 bits per heavy atom. The average molecular weight is 350 g/mol. The summed E-state index contributed by atoms with van der Waals surface area (Å²) in [5.41, 5.74) is 1.78. The number of alkyl halides is 2. The summed E-state index contributed by atoms with van der Waals surface area (Å²) >= 11 is 0. The van der Waals surface area contributed by atoms with E-state index >= 15 is 0 Å². The van der Waals surface area contributed by atoms with Crippen LogP contribution in [0.5, 0.6) is 11.5 Å². The van der Waals surface area contributed by atoms with Crippen LogP contribution in [-0.4, -0.2) is 33.2 Å². The van der Waals surface area contributed by atoms with Gasteiger partial charge < -0.3 is 19.7 Å². The maximum absolute atomic E-state index is 12.5. The van der Waals surface area contributed by atoms with Crippen LogP contribution in [0.2, 0.25) is 0 Å². The summed E-state index contributed by atoms with van der Waals surface area (Å²) in [6, 6.07) is 11.4. The van der Waals surface area contributed by atoms with Crippen LogP contribution in [-0.2, 0) is 0 Å². The van der Waals surface area contributed by atoms with Crippen LogP contribution in [0.1, 0.15) is 17.3 Å². The molecule has 1 amide bonds. The maximum atomic E-state index is 12.5. The fraction of sp³-hybridized carbons (Fsp3) is 0.278. The monoisotopic (exact) mass is 350 g/mol. The highest BCUT2D eigenvalue weighted by molar-refractivity contribution is 6.04. The molecule has 0 fully saturated rings. The lowest BCUT2D eigenvalue weighted by Gasteiger charge is -2.17. The van der Waals surface area contributed by atoms with Crippen molar-refractivity contribution < 1.29 is 23.0 Å². The van der Waals surface area contributed by atoms with Crippen LogP contribution in [0.25, 0.3) is 0 Å². The molecule has 1 N–H and O–H groups in total. The van der Waals surface area contributed by atoms with Gasteiger partial charge in [-0.1, -0.05) is 0 Å². The van der Waals surface area contributed by atoms with E-state index in [9.17, 15) is 13.6 Å². The number of hydrogen-bond acceptors (Lipinski definition) is 4. The van der Waals surface area contributed by atoms with Gasteiger partial charge in [0.2, 0.25) is 0 Å². The van der Waals surface area contributed by atoms with Crippen LogP contribution in [0, 0.1) is 0 Å². The Bertz CT molecular complexity index is 721. The number of carbonyl (C=O) groups excluding carboxylic acids is 1. The molecule has 2 aromatic rings. The lowest BCUT2D eigenvalue weighted by atomic mass is 10.1. The van der Waals surface area contributed by atoms with E-state index in [0.717, 1.165) is 12.2 Å². The van der Waals surface area contributed by atoms with Gasteiger partial charge in [-0.15, -0.1) is 0 Å². The van der Waals surface area contributed by atoms with E-state index in [-0.39, 0.29) is 17.4 Å². The molecule has 0 atom stereocenters. The minimum absolute atomic E-state index is 0.143. The molecule has 134 valence electrons. The first-order chi connectivity index (χ1) is 11.9. The Kier molecular flexibility index (Phi) is 6.16. The van der Waals surface area contributed by atoms with E-state index in [1.165, 1.54) is 19.2 Å². The van der Waals surface area contributed by atoms with Crippen molar-refractivity contribution in [2.75, 3.05) is 30.9 Å². The van der Waals surface area contributed by atoms with Gasteiger partial charge in [0.15, 0.2) is 11.5 Å². The van der Waals surface area contributed by atoms with Gasteiger partial charge in [0.25, 0.3) is 5.91 Å². The lowest BCUT2D eigenvalue weighted by Crippen LogP contribution is -2.16. The summed E-state index contributed by atoms with van der Waals surface area (Å²) in [5.74, 6) is -0.334. The van der Waals surface area contributed by atoms with Crippen molar-refractivity contribution >= 4 is 17.3 Å². The third kappa shape index (κ3) is 4.82. The van der Waals surface area contributed by atoms with Crippen molar-refractivity contribution in [1.82, 2.24) is 0 Å². The first kappa shape index (κ1) is 18.5. The predicted octanol–water partition coefficient (Wildman–Crippen LogP) is 4.01. The zero-order chi connectivity index (χ0) is 18.4. The fourth-order valence-corrected chi connectivity index (χ4v) is 2.20. The molecule has 7 heteroatoms. The van der Waals surface area contributed by atoms with Crippen molar-refractivity contribution in [3.63, 3.8) is 0 Å². The standard InChI is InChI=1S/C18H20F2N2O3/c1-4-22(2)14-8-5-12(6-9-14)17(23)21-13-7-10-15(24-3)16(11-13)25-18(19)20/h5-11,18H,4H2,1-3H3,(H,21,23). The average Bonchev–Trinajstić information content (AvgIpc) is 2.61. The van der Waals surface area contributed by atoms with E-state index in [1.807, 2.05) is 31.0 Å². The zero-order valence-corrected chi connectivity index (χ0v) is 14.3. The van der Waals surface area contributed by atoms with E-state index < -0.39 is 6.61 Å². The van der Waals surface area contributed by atoms with Crippen molar-refractivity contribution in [2.45, 2.75) is 13.5 Å². The maximum Gasteiger partial charge on any atom is 0.387 e. The van der Waals surface area contributed by atoms with Gasteiger partial charge >= 0.3 is 6.61 Å². The van der Waals surface area contributed by atoms with Crippen LogP contribution in [0.4, 0.5) is 20.2 Å². The molecule has 0 aromatic heterocycles. The lowest BCUT2D eigenvalue weighted by molar-refractivity contribution is -0.0511. The smallest absolute Gasteiger partial charge is 0.387 e. The Morgan fingerprint density at radius 1 is 1.16 bits per heavy atom. The van der Waals surface area contributed by atoms with Gasteiger partial charge in [-0.25, -0.2) is 0 Å². The number of nitrogens with one attached hydrogen (secondary N) is 1. The second-order valence-electron chi connectivity index (χ2n) is 5.26. The van der Waals surface area contributed by atoms with Gasteiger partial charge in [0, 0.05) is 36.6 Å². The van der Waals surface area contributed by atoms with Crippen molar-refractivity contribution in [2.24, 2.45) is 0 Å².